The minimum Gasteiger partial charge on any atom is -0.505 e. The van der Waals surface area contributed by atoms with E-state index in [0.29, 0.717) is 6.29 Å². The molecular formula is C16H18O3. The third-order valence-electron chi connectivity index (χ3n) is 2.66. The molecule has 100 valence electrons. The fourth-order valence-electron chi connectivity index (χ4n) is 1.67. The first-order valence-corrected chi connectivity index (χ1v) is 5.93. The summed E-state index contributed by atoms with van der Waals surface area (Å²) in [4.78, 5) is 10.6. The van der Waals surface area contributed by atoms with Gasteiger partial charge in [-0.1, -0.05) is 30.3 Å². The molecule has 0 unspecified atom stereocenters. The zero-order chi connectivity index (χ0) is 14.3. The SMILES string of the molecule is CO/C(C)=C/C(C)=C(\C=C(\O)C=O)c1ccccc1. The first kappa shape index (κ1) is 14.8. The van der Waals surface area contributed by atoms with Gasteiger partial charge in [-0.15, -0.1) is 0 Å². The monoisotopic (exact) mass is 258 g/mol. The van der Waals surface area contributed by atoms with Crippen LogP contribution < -0.4 is 0 Å². The Bertz CT molecular complexity index is 522. The molecule has 0 atom stereocenters. The molecule has 0 aliphatic carbocycles. The highest BCUT2D eigenvalue weighted by molar-refractivity contribution is 5.83. The van der Waals surface area contributed by atoms with E-state index in [1.54, 1.807) is 7.11 Å². The van der Waals surface area contributed by atoms with Gasteiger partial charge in [-0.25, -0.2) is 0 Å². The lowest BCUT2D eigenvalue weighted by Crippen LogP contribution is -1.90. The van der Waals surface area contributed by atoms with Crippen LogP contribution in [0.15, 0.2) is 59.6 Å². The van der Waals surface area contributed by atoms with Gasteiger partial charge >= 0.3 is 0 Å². The van der Waals surface area contributed by atoms with Crippen LogP contribution in [0, 0.1) is 0 Å². The summed E-state index contributed by atoms with van der Waals surface area (Å²) in [7, 11) is 1.60. The van der Waals surface area contributed by atoms with Gasteiger partial charge in [-0.2, -0.15) is 0 Å². The Morgan fingerprint density at radius 1 is 1.16 bits per heavy atom. The van der Waals surface area contributed by atoms with Gasteiger partial charge in [-0.05, 0) is 42.7 Å². The molecule has 0 fully saturated rings. The van der Waals surface area contributed by atoms with Gasteiger partial charge < -0.3 is 9.84 Å². The molecule has 0 heterocycles. The predicted octanol–water partition coefficient (Wildman–Crippen LogP) is 3.65. The van der Waals surface area contributed by atoms with Gasteiger partial charge in [0.15, 0.2) is 12.0 Å². The standard InChI is InChI=1S/C16H18O3/c1-12(9-13(2)19-3)16(10-15(18)11-17)14-7-5-4-6-8-14/h4-11,18H,1-3H3/b13-9+,15-10+,16-12+. The van der Waals surface area contributed by atoms with Gasteiger partial charge in [0.2, 0.25) is 0 Å². The minimum atomic E-state index is -0.304. The summed E-state index contributed by atoms with van der Waals surface area (Å²) in [6.45, 7) is 3.74. The van der Waals surface area contributed by atoms with Crippen LogP contribution in [0.1, 0.15) is 19.4 Å². The van der Waals surface area contributed by atoms with Gasteiger partial charge in [-0.3, -0.25) is 4.79 Å². The highest BCUT2D eigenvalue weighted by atomic mass is 16.5. The van der Waals surface area contributed by atoms with Gasteiger partial charge in [0.25, 0.3) is 0 Å². The van der Waals surface area contributed by atoms with Gasteiger partial charge in [0, 0.05) is 0 Å². The molecule has 0 spiro atoms. The number of carbonyl (C=O) groups excluding carboxylic acids is 1. The average molecular weight is 258 g/mol. The predicted molar refractivity (Wildman–Crippen MR) is 76.6 cm³/mol. The summed E-state index contributed by atoms with van der Waals surface area (Å²) in [5.74, 6) is 0.451. The van der Waals surface area contributed by atoms with E-state index < -0.39 is 0 Å². The number of ether oxygens (including phenoxy) is 1. The number of aliphatic hydroxyl groups excluding tert-OH is 1. The quantitative estimate of drug-likeness (QED) is 0.379. The van der Waals surface area contributed by atoms with Crippen molar-refractivity contribution in [2.24, 2.45) is 0 Å². The second-order valence-corrected chi connectivity index (χ2v) is 4.11. The number of hydrogen-bond acceptors (Lipinski definition) is 3. The maximum atomic E-state index is 10.6. The molecule has 1 aromatic carbocycles. The van der Waals surface area contributed by atoms with Crippen LogP contribution in [-0.4, -0.2) is 18.5 Å². The highest BCUT2D eigenvalue weighted by Crippen LogP contribution is 2.22. The fourth-order valence-corrected chi connectivity index (χ4v) is 1.67. The molecule has 0 saturated heterocycles. The van der Waals surface area contributed by atoms with E-state index in [-0.39, 0.29) is 5.76 Å². The Morgan fingerprint density at radius 2 is 1.79 bits per heavy atom. The number of rotatable bonds is 5. The summed E-state index contributed by atoms with van der Waals surface area (Å²) in [6, 6.07) is 9.56. The number of benzene rings is 1. The summed E-state index contributed by atoms with van der Waals surface area (Å²) >= 11 is 0. The Hall–Kier alpha value is -2.29. The minimum absolute atomic E-state index is 0.304. The number of aldehydes is 1. The average Bonchev–Trinajstić information content (AvgIpc) is 2.44. The number of methoxy groups -OCH3 is 1. The lowest BCUT2D eigenvalue weighted by atomic mass is 9.99. The van der Waals surface area contributed by atoms with E-state index in [4.69, 9.17) is 4.74 Å². The maximum Gasteiger partial charge on any atom is 0.184 e. The zero-order valence-electron chi connectivity index (χ0n) is 11.4. The van der Waals surface area contributed by atoms with Crippen LogP contribution >= 0.6 is 0 Å². The van der Waals surface area contributed by atoms with Crippen LogP contribution in [0.2, 0.25) is 0 Å². The molecule has 0 saturated carbocycles. The normalized spacial score (nSPS) is 13.8. The van der Waals surface area contributed by atoms with Crippen molar-refractivity contribution < 1.29 is 14.6 Å². The van der Waals surface area contributed by atoms with Crippen molar-refractivity contribution in [2.75, 3.05) is 7.11 Å². The van der Waals surface area contributed by atoms with Crippen molar-refractivity contribution in [1.29, 1.82) is 0 Å². The van der Waals surface area contributed by atoms with Crippen molar-refractivity contribution in [1.82, 2.24) is 0 Å². The Morgan fingerprint density at radius 3 is 2.32 bits per heavy atom. The number of allylic oxidation sites excluding steroid dienone is 6. The summed E-state index contributed by atoms with van der Waals surface area (Å²) in [5.41, 5.74) is 2.61. The highest BCUT2D eigenvalue weighted by Gasteiger charge is 2.04. The molecule has 0 radical (unpaired) electrons. The molecule has 3 heteroatoms. The largest absolute Gasteiger partial charge is 0.505 e. The van der Waals surface area contributed by atoms with E-state index in [9.17, 15) is 9.90 Å². The third kappa shape index (κ3) is 4.47. The first-order chi connectivity index (χ1) is 9.08. The van der Waals surface area contributed by atoms with E-state index in [0.717, 1.165) is 22.5 Å². The molecule has 3 nitrogen and oxygen atoms in total. The Balaban J connectivity index is 3.36. The van der Waals surface area contributed by atoms with Crippen molar-refractivity contribution in [2.45, 2.75) is 13.8 Å². The molecule has 0 aliphatic heterocycles. The smallest absolute Gasteiger partial charge is 0.184 e. The van der Waals surface area contributed by atoms with Crippen molar-refractivity contribution in [3.05, 3.63) is 65.1 Å². The van der Waals surface area contributed by atoms with E-state index in [2.05, 4.69) is 0 Å². The maximum absolute atomic E-state index is 10.6. The molecule has 0 aliphatic rings. The fraction of sp³-hybridized carbons (Fsp3) is 0.188. The van der Waals surface area contributed by atoms with E-state index in [1.165, 1.54) is 6.08 Å². The number of aliphatic hydroxyl groups is 1. The molecule has 1 N–H and O–H groups in total. The van der Waals surface area contributed by atoms with Crippen molar-refractivity contribution >= 4 is 11.9 Å². The van der Waals surface area contributed by atoms with E-state index >= 15 is 0 Å². The second-order valence-electron chi connectivity index (χ2n) is 4.11. The van der Waals surface area contributed by atoms with Gasteiger partial charge in [0.05, 0.1) is 12.9 Å². The summed E-state index contributed by atoms with van der Waals surface area (Å²) < 4.78 is 5.11. The molecule has 0 bridgehead atoms. The molecule has 0 aromatic heterocycles. The van der Waals surface area contributed by atoms with Crippen LogP contribution in [0.25, 0.3) is 5.57 Å². The van der Waals surface area contributed by atoms with Crippen molar-refractivity contribution in [3.63, 3.8) is 0 Å². The molecule has 1 aromatic rings. The first-order valence-electron chi connectivity index (χ1n) is 5.93. The zero-order valence-corrected chi connectivity index (χ0v) is 11.4. The van der Waals surface area contributed by atoms with Gasteiger partial charge in [0.1, 0.15) is 0 Å². The van der Waals surface area contributed by atoms with Crippen LogP contribution in [0.4, 0.5) is 0 Å². The van der Waals surface area contributed by atoms with Crippen molar-refractivity contribution in [3.8, 4) is 0 Å². The lowest BCUT2D eigenvalue weighted by Gasteiger charge is -2.07. The lowest BCUT2D eigenvalue weighted by molar-refractivity contribution is -0.106. The molecule has 0 amide bonds. The van der Waals surface area contributed by atoms with Crippen LogP contribution in [0.3, 0.4) is 0 Å². The summed E-state index contributed by atoms with van der Waals surface area (Å²) in [5, 5.41) is 9.44. The number of carbonyl (C=O) groups is 1. The second kappa shape index (κ2) is 7.21. The Labute approximate surface area is 113 Å². The topological polar surface area (TPSA) is 46.5 Å². The number of hydrogen-bond donors (Lipinski definition) is 1. The van der Waals surface area contributed by atoms with E-state index in [1.807, 2.05) is 50.3 Å². The molecule has 1 rings (SSSR count). The van der Waals surface area contributed by atoms with Crippen LogP contribution in [-0.2, 0) is 9.53 Å². The Kier molecular flexibility index (Phi) is 5.61. The summed E-state index contributed by atoms with van der Waals surface area (Å²) in [6.07, 6.45) is 3.73. The van der Waals surface area contributed by atoms with Crippen LogP contribution in [0.5, 0.6) is 0 Å². The molecular weight excluding hydrogens is 240 g/mol. The molecule has 19 heavy (non-hydrogen) atoms. The third-order valence-corrected chi connectivity index (χ3v) is 2.66.